The smallest absolute Gasteiger partial charge is 0.310 e. The molecular weight excluding hydrogens is 260 g/mol. The van der Waals surface area contributed by atoms with Gasteiger partial charge >= 0.3 is 5.97 Å². The van der Waals surface area contributed by atoms with Crippen LogP contribution >= 0.6 is 0 Å². The van der Waals surface area contributed by atoms with Crippen LogP contribution in [-0.2, 0) is 9.59 Å². The van der Waals surface area contributed by atoms with Crippen molar-refractivity contribution < 1.29 is 14.7 Å². The number of hydrogen-bond acceptors (Lipinski definition) is 5. The summed E-state index contributed by atoms with van der Waals surface area (Å²) >= 11 is 0. The molecule has 1 amide bonds. The number of rotatable bonds is 4. The maximum atomic E-state index is 11.9. The van der Waals surface area contributed by atoms with Crippen LogP contribution in [0.15, 0.2) is 18.5 Å². The van der Waals surface area contributed by atoms with Crippen molar-refractivity contribution in [1.82, 2.24) is 14.9 Å². The van der Waals surface area contributed by atoms with Crippen LogP contribution in [0.4, 0.5) is 5.95 Å². The number of aliphatic carboxylic acids is 1. The van der Waals surface area contributed by atoms with Gasteiger partial charge in [-0.2, -0.15) is 0 Å². The molecule has 1 fully saturated rings. The lowest BCUT2D eigenvalue weighted by atomic mass is 9.82. The normalized spacial score (nSPS) is 23.2. The predicted octanol–water partition coefficient (Wildman–Crippen LogP) is 0.602. The molecule has 2 heterocycles. The molecule has 2 N–H and O–H groups in total. The summed E-state index contributed by atoms with van der Waals surface area (Å²) in [6, 6.07) is 1.67. The lowest BCUT2D eigenvalue weighted by molar-refractivity contribution is -0.151. The zero-order valence-corrected chi connectivity index (χ0v) is 11.4. The summed E-state index contributed by atoms with van der Waals surface area (Å²) in [6.45, 7) is 2.98. The second kappa shape index (κ2) is 5.96. The van der Waals surface area contributed by atoms with E-state index in [0.29, 0.717) is 13.0 Å². The Labute approximate surface area is 117 Å². The number of aromatic nitrogens is 2. The average Bonchev–Trinajstić information content (AvgIpc) is 2.39. The Bertz CT molecular complexity index is 494. The van der Waals surface area contributed by atoms with Crippen molar-refractivity contribution in [3.63, 3.8) is 0 Å². The maximum absolute atomic E-state index is 11.9. The molecule has 1 saturated heterocycles. The van der Waals surface area contributed by atoms with E-state index in [1.54, 1.807) is 25.4 Å². The highest BCUT2D eigenvalue weighted by molar-refractivity contribution is 5.90. The quantitative estimate of drug-likeness (QED) is 0.837. The second-order valence-electron chi connectivity index (χ2n) is 5.30. The number of anilines is 1. The Balaban J connectivity index is 1.90. The number of carboxylic acids is 1. The van der Waals surface area contributed by atoms with Gasteiger partial charge in [0.25, 0.3) is 0 Å². The molecule has 1 aromatic heterocycles. The Hall–Kier alpha value is -2.02. The number of nitrogens with zero attached hydrogens (tertiary/aromatic N) is 3. The third kappa shape index (κ3) is 3.51. The van der Waals surface area contributed by atoms with Gasteiger partial charge in [-0.1, -0.05) is 0 Å². The summed E-state index contributed by atoms with van der Waals surface area (Å²) in [5.41, 5.74) is -0.776. The highest BCUT2D eigenvalue weighted by atomic mass is 16.4. The van der Waals surface area contributed by atoms with Crippen molar-refractivity contribution in [2.24, 2.45) is 5.41 Å². The van der Waals surface area contributed by atoms with Crippen molar-refractivity contribution in [1.29, 1.82) is 0 Å². The summed E-state index contributed by atoms with van der Waals surface area (Å²) in [5, 5.41) is 11.8. The lowest BCUT2D eigenvalue weighted by Crippen LogP contribution is -2.48. The van der Waals surface area contributed by atoms with E-state index in [1.165, 1.54) is 0 Å². The summed E-state index contributed by atoms with van der Waals surface area (Å²) < 4.78 is 0. The number of likely N-dealkylation sites (tertiary alicyclic amines) is 1. The molecular formula is C13H18N4O3. The molecule has 0 saturated carbocycles. The number of nitrogens with one attached hydrogen (secondary N) is 1. The van der Waals surface area contributed by atoms with Crippen LogP contribution in [0.25, 0.3) is 0 Å². The van der Waals surface area contributed by atoms with Crippen molar-refractivity contribution in [2.75, 3.05) is 25.0 Å². The molecule has 1 aliphatic heterocycles. The molecule has 0 spiro atoms. The zero-order chi connectivity index (χ0) is 14.6. The van der Waals surface area contributed by atoms with E-state index >= 15 is 0 Å². The molecule has 0 aromatic carbocycles. The Morgan fingerprint density at radius 3 is 2.80 bits per heavy atom. The molecule has 0 radical (unpaired) electrons. The molecule has 1 atom stereocenters. The molecule has 2 rings (SSSR count). The van der Waals surface area contributed by atoms with E-state index in [1.807, 2.05) is 4.90 Å². The van der Waals surface area contributed by atoms with Gasteiger partial charge in [0.15, 0.2) is 0 Å². The van der Waals surface area contributed by atoms with Gasteiger partial charge in [-0.15, -0.1) is 0 Å². The van der Waals surface area contributed by atoms with Gasteiger partial charge in [-0.3, -0.25) is 19.8 Å². The number of hydrogen-bond donors (Lipinski definition) is 2. The van der Waals surface area contributed by atoms with Gasteiger partial charge in [-0.05, 0) is 32.4 Å². The van der Waals surface area contributed by atoms with Gasteiger partial charge in [-0.25, -0.2) is 9.97 Å². The van der Waals surface area contributed by atoms with E-state index in [4.69, 9.17) is 0 Å². The van der Waals surface area contributed by atoms with E-state index in [9.17, 15) is 14.7 Å². The molecule has 7 nitrogen and oxygen atoms in total. The summed E-state index contributed by atoms with van der Waals surface area (Å²) in [5.74, 6) is -0.782. The molecule has 0 bridgehead atoms. The minimum Gasteiger partial charge on any atom is -0.481 e. The third-order valence-electron chi connectivity index (χ3n) is 3.48. The first-order chi connectivity index (χ1) is 9.49. The predicted molar refractivity (Wildman–Crippen MR) is 72.1 cm³/mol. The first-order valence-electron chi connectivity index (χ1n) is 6.52. The van der Waals surface area contributed by atoms with Crippen molar-refractivity contribution in [2.45, 2.75) is 19.8 Å². The summed E-state index contributed by atoms with van der Waals surface area (Å²) in [7, 11) is 0. The maximum Gasteiger partial charge on any atom is 0.310 e. The topological polar surface area (TPSA) is 95.4 Å². The average molecular weight is 278 g/mol. The highest BCUT2D eigenvalue weighted by Crippen LogP contribution is 2.29. The van der Waals surface area contributed by atoms with Crippen molar-refractivity contribution in [3.8, 4) is 0 Å². The Morgan fingerprint density at radius 2 is 2.15 bits per heavy atom. The Morgan fingerprint density at radius 1 is 1.45 bits per heavy atom. The van der Waals surface area contributed by atoms with E-state index in [2.05, 4.69) is 15.3 Å². The van der Waals surface area contributed by atoms with Gasteiger partial charge in [0, 0.05) is 18.9 Å². The fraction of sp³-hybridized carbons (Fsp3) is 0.538. The van der Waals surface area contributed by atoms with Crippen LogP contribution in [0.3, 0.4) is 0 Å². The molecule has 20 heavy (non-hydrogen) atoms. The SMILES string of the molecule is CC1(C(=O)O)CCCN(CC(=O)Nc2ncccn2)C1. The van der Waals surface area contributed by atoms with Gasteiger partial charge in [0.05, 0.1) is 12.0 Å². The van der Waals surface area contributed by atoms with Crippen LogP contribution < -0.4 is 5.32 Å². The van der Waals surface area contributed by atoms with Gasteiger partial charge in [0.2, 0.25) is 11.9 Å². The molecule has 1 aliphatic rings. The largest absolute Gasteiger partial charge is 0.481 e. The van der Waals surface area contributed by atoms with Crippen LogP contribution in [0.5, 0.6) is 0 Å². The second-order valence-corrected chi connectivity index (χ2v) is 5.30. The minimum atomic E-state index is -0.811. The molecule has 108 valence electrons. The van der Waals surface area contributed by atoms with Gasteiger partial charge in [0.1, 0.15) is 0 Å². The van der Waals surface area contributed by atoms with Gasteiger partial charge < -0.3 is 5.11 Å². The molecule has 1 aromatic rings. The first-order valence-corrected chi connectivity index (χ1v) is 6.52. The van der Waals surface area contributed by atoms with Crippen LogP contribution in [0.1, 0.15) is 19.8 Å². The standard InChI is InChI=1S/C13H18N4O3/c1-13(11(19)20)4-2-7-17(9-13)8-10(18)16-12-14-5-3-6-15-12/h3,5-6H,2,4,7-9H2,1H3,(H,19,20)(H,14,15,16,18). The first kappa shape index (κ1) is 14.4. The van der Waals surface area contributed by atoms with Crippen LogP contribution in [-0.4, -0.2) is 51.5 Å². The lowest BCUT2D eigenvalue weighted by Gasteiger charge is -2.36. The molecule has 1 unspecified atom stereocenters. The fourth-order valence-corrected chi connectivity index (χ4v) is 2.38. The number of carbonyl (C=O) groups excluding carboxylic acids is 1. The van der Waals surface area contributed by atoms with E-state index in [0.717, 1.165) is 13.0 Å². The molecule has 0 aliphatic carbocycles. The number of piperidine rings is 1. The van der Waals surface area contributed by atoms with E-state index in [-0.39, 0.29) is 18.4 Å². The monoisotopic (exact) mass is 278 g/mol. The number of amides is 1. The zero-order valence-electron chi connectivity index (χ0n) is 11.4. The van der Waals surface area contributed by atoms with Crippen molar-refractivity contribution >= 4 is 17.8 Å². The summed E-state index contributed by atoms with van der Waals surface area (Å²) in [6.07, 6.45) is 4.51. The van der Waals surface area contributed by atoms with Crippen molar-refractivity contribution in [3.05, 3.63) is 18.5 Å². The molecule has 7 heteroatoms. The number of carboxylic acid groups (broad SMARTS) is 1. The Kier molecular flexibility index (Phi) is 4.29. The summed E-state index contributed by atoms with van der Waals surface area (Å²) in [4.78, 5) is 32.8. The number of carbonyl (C=O) groups is 2. The third-order valence-corrected chi connectivity index (χ3v) is 3.48. The fourth-order valence-electron chi connectivity index (χ4n) is 2.38. The van der Waals surface area contributed by atoms with E-state index < -0.39 is 11.4 Å². The highest BCUT2D eigenvalue weighted by Gasteiger charge is 2.38. The van der Waals surface area contributed by atoms with Crippen LogP contribution in [0, 0.1) is 5.41 Å². The minimum absolute atomic E-state index is 0.154. The van der Waals surface area contributed by atoms with Crippen LogP contribution in [0.2, 0.25) is 0 Å².